The first-order chi connectivity index (χ1) is 20.5. The van der Waals surface area contributed by atoms with Crippen LogP contribution in [-0.2, 0) is 11.3 Å². The van der Waals surface area contributed by atoms with Gasteiger partial charge in [-0.3, -0.25) is 14.9 Å². The summed E-state index contributed by atoms with van der Waals surface area (Å²) in [4.78, 5) is 33.6. The molecule has 2 amide bonds. The first-order valence-electron chi connectivity index (χ1n) is 14.0. The number of thiophene rings is 1. The maximum Gasteiger partial charge on any atom is 0.264 e. The van der Waals surface area contributed by atoms with E-state index < -0.39 is 6.23 Å². The second-order valence-corrected chi connectivity index (χ2v) is 12.6. The van der Waals surface area contributed by atoms with Crippen molar-refractivity contribution >= 4 is 39.5 Å². The Kier molecular flexibility index (Phi) is 8.63. The van der Waals surface area contributed by atoms with Crippen LogP contribution in [0.25, 0.3) is 10.4 Å². The van der Waals surface area contributed by atoms with E-state index in [0.29, 0.717) is 40.8 Å². The van der Waals surface area contributed by atoms with Crippen molar-refractivity contribution in [3.63, 3.8) is 0 Å². The molecule has 2 aliphatic rings. The molecule has 6 rings (SSSR count). The van der Waals surface area contributed by atoms with Gasteiger partial charge in [0.1, 0.15) is 12.0 Å². The third-order valence-electron chi connectivity index (χ3n) is 7.65. The molecule has 4 heterocycles. The first kappa shape index (κ1) is 28.5. The number of methoxy groups -OCH3 is 1. The second kappa shape index (κ2) is 12.7. The number of carbonyl (C=O) groups is 2. The zero-order chi connectivity index (χ0) is 29.1. The van der Waals surface area contributed by atoms with Crippen molar-refractivity contribution in [3.05, 3.63) is 87.9 Å². The normalized spacial score (nSPS) is 17.6. The molecule has 2 saturated heterocycles. The van der Waals surface area contributed by atoms with Crippen molar-refractivity contribution in [2.75, 3.05) is 32.1 Å². The number of nitrogens with one attached hydrogen (secondary N) is 3. The molecule has 0 bridgehead atoms. The van der Waals surface area contributed by atoms with E-state index in [-0.39, 0.29) is 23.8 Å². The summed E-state index contributed by atoms with van der Waals surface area (Å²) in [7, 11) is 1.59. The van der Waals surface area contributed by atoms with E-state index >= 15 is 0 Å². The highest BCUT2D eigenvalue weighted by molar-refractivity contribution is 7.18. The van der Waals surface area contributed by atoms with Gasteiger partial charge in [0.2, 0.25) is 5.91 Å². The Hall–Kier alpha value is -3.61. The van der Waals surface area contributed by atoms with E-state index in [1.165, 1.54) is 11.3 Å². The van der Waals surface area contributed by atoms with Crippen LogP contribution in [0.5, 0.6) is 5.75 Å². The molecular weight excluding hydrogens is 571 g/mol. The van der Waals surface area contributed by atoms with Crippen LogP contribution in [0.4, 0.5) is 5.00 Å². The van der Waals surface area contributed by atoms with Gasteiger partial charge in [-0.2, -0.15) is 0 Å². The summed E-state index contributed by atoms with van der Waals surface area (Å²) in [5, 5.41) is 21.6. The SMILES string of the molecule is COc1ccccc1C(O)NCc1ccc(-c2cnc(C3CN(C(=O)c4ccc(NC(=O)[C@@H]5CCCN5)s4)C3)s2)cc1. The Balaban J connectivity index is 0.991. The number of aromatic nitrogens is 1. The van der Waals surface area contributed by atoms with Crippen molar-refractivity contribution in [1.82, 2.24) is 20.5 Å². The fraction of sp³-hybridized carbons (Fsp3) is 0.323. The van der Waals surface area contributed by atoms with Gasteiger partial charge in [0.25, 0.3) is 5.91 Å². The molecule has 2 atom stereocenters. The van der Waals surface area contributed by atoms with Crippen LogP contribution in [-0.4, -0.2) is 59.6 Å². The zero-order valence-electron chi connectivity index (χ0n) is 23.2. The topological polar surface area (TPSA) is 116 Å². The number of hydrogen-bond donors (Lipinski definition) is 4. The first-order valence-corrected chi connectivity index (χ1v) is 15.6. The molecule has 9 nitrogen and oxygen atoms in total. The molecule has 1 unspecified atom stereocenters. The summed E-state index contributed by atoms with van der Waals surface area (Å²) >= 11 is 2.98. The van der Waals surface area contributed by atoms with Crippen molar-refractivity contribution < 1.29 is 19.4 Å². The van der Waals surface area contributed by atoms with Crippen molar-refractivity contribution in [3.8, 4) is 16.2 Å². The van der Waals surface area contributed by atoms with Gasteiger partial charge in [-0.25, -0.2) is 4.98 Å². The highest BCUT2D eigenvalue weighted by Crippen LogP contribution is 2.36. The number of thiazole rings is 1. The summed E-state index contributed by atoms with van der Waals surface area (Å²) in [6, 6.07) is 19.1. The van der Waals surface area contributed by atoms with Crippen LogP contribution in [0.2, 0.25) is 0 Å². The minimum atomic E-state index is -0.833. The minimum absolute atomic E-state index is 0.00690. The smallest absolute Gasteiger partial charge is 0.264 e. The average Bonchev–Trinajstić information content (AvgIpc) is 3.78. The predicted molar refractivity (Wildman–Crippen MR) is 165 cm³/mol. The summed E-state index contributed by atoms with van der Waals surface area (Å²) in [5.74, 6) is 0.824. The number of ether oxygens (including phenoxy) is 1. The lowest BCUT2D eigenvalue weighted by molar-refractivity contribution is -0.117. The molecule has 218 valence electrons. The van der Waals surface area contributed by atoms with Crippen LogP contribution in [0.3, 0.4) is 0 Å². The highest BCUT2D eigenvalue weighted by atomic mass is 32.1. The summed E-state index contributed by atoms with van der Waals surface area (Å²) < 4.78 is 5.34. The van der Waals surface area contributed by atoms with E-state index in [0.717, 1.165) is 40.4 Å². The molecule has 42 heavy (non-hydrogen) atoms. The van der Waals surface area contributed by atoms with E-state index in [4.69, 9.17) is 4.74 Å². The molecule has 0 radical (unpaired) electrons. The number of benzene rings is 2. The molecule has 11 heteroatoms. The van der Waals surface area contributed by atoms with E-state index in [1.54, 1.807) is 30.6 Å². The number of amides is 2. The molecule has 4 N–H and O–H groups in total. The summed E-state index contributed by atoms with van der Waals surface area (Å²) in [6.45, 7) is 2.65. The molecule has 2 aromatic heterocycles. The number of aliphatic hydroxyl groups is 1. The van der Waals surface area contributed by atoms with Crippen LogP contribution in [0.15, 0.2) is 66.9 Å². The quantitative estimate of drug-likeness (QED) is 0.196. The molecule has 2 aliphatic heterocycles. The van der Waals surface area contributed by atoms with Gasteiger partial charge in [-0.15, -0.1) is 22.7 Å². The number of rotatable bonds is 10. The largest absolute Gasteiger partial charge is 0.496 e. The Labute approximate surface area is 252 Å². The van der Waals surface area contributed by atoms with Crippen LogP contribution in [0, 0.1) is 0 Å². The Morgan fingerprint density at radius 2 is 1.93 bits per heavy atom. The van der Waals surface area contributed by atoms with Crippen LogP contribution in [0.1, 0.15) is 50.8 Å². The van der Waals surface area contributed by atoms with Gasteiger partial charge in [0.15, 0.2) is 0 Å². The lowest BCUT2D eigenvalue weighted by Gasteiger charge is -2.37. The number of nitrogens with zero attached hydrogens (tertiary/aromatic N) is 2. The van der Waals surface area contributed by atoms with Gasteiger partial charge in [-0.05, 0) is 48.7 Å². The molecule has 2 aromatic carbocycles. The Morgan fingerprint density at radius 3 is 2.69 bits per heavy atom. The highest BCUT2D eigenvalue weighted by Gasteiger charge is 2.35. The van der Waals surface area contributed by atoms with E-state index in [9.17, 15) is 14.7 Å². The minimum Gasteiger partial charge on any atom is -0.496 e. The predicted octanol–water partition coefficient (Wildman–Crippen LogP) is 4.59. The van der Waals surface area contributed by atoms with Gasteiger partial charge in [-0.1, -0.05) is 42.5 Å². The van der Waals surface area contributed by atoms with Gasteiger partial charge >= 0.3 is 0 Å². The third kappa shape index (κ3) is 6.25. The maximum atomic E-state index is 13.0. The monoisotopic (exact) mass is 603 g/mol. The number of likely N-dealkylation sites (tertiary alicyclic amines) is 1. The third-order valence-corrected chi connectivity index (χ3v) is 9.85. The van der Waals surface area contributed by atoms with Gasteiger partial charge in [0.05, 0.1) is 32.9 Å². The fourth-order valence-electron chi connectivity index (χ4n) is 5.21. The molecular formula is C31H33N5O4S2. The van der Waals surface area contributed by atoms with E-state index in [1.807, 2.05) is 47.5 Å². The Morgan fingerprint density at radius 1 is 1.12 bits per heavy atom. The summed E-state index contributed by atoms with van der Waals surface area (Å²) in [6.07, 6.45) is 2.91. The van der Waals surface area contributed by atoms with Gasteiger partial charge in [0, 0.05) is 37.3 Å². The van der Waals surface area contributed by atoms with Gasteiger partial charge < -0.3 is 25.4 Å². The van der Waals surface area contributed by atoms with Crippen molar-refractivity contribution in [1.29, 1.82) is 0 Å². The molecule has 0 spiro atoms. The number of para-hydroxylation sites is 1. The molecule has 0 saturated carbocycles. The Bertz CT molecular complexity index is 1540. The molecule has 4 aromatic rings. The summed E-state index contributed by atoms with van der Waals surface area (Å²) in [5.41, 5.74) is 2.84. The maximum absolute atomic E-state index is 13.0. The van der Waals surface area contributed by atoms with Crippen molar-refractivity contribution in [2.45, 2.75) is 37.6 Å². The average molecular weight is 604 g/mol. The lowest BCUT2D eigenvalue weighted by Crippen LogP contribution is -2.48. The number of anilines is 1. The lowest BCUT2D eigenvalue weighted by atomic mass is 10.0. The second-order valence-electron chi connectivity index (χ2n) is 10.5. The molecule has 0 aliphatic carbocycles. The number of carbonyl (C=O) groups excluding carboxylic acids is 2. The van der Waals surface area contributed by atoms with E-state index in [2.05, 4.69) is 33.1 Å². The fourth-order valence-corrected chi connectivity index (χ4v) is 7.09. The van der Waals surface area contributed by atoms with Crippen molar-refractivity contribution in [2.24, 2.45) is 0 Å². The zero-order valence-corrected chi connectivity index (χ0v) is 24.8. The standard InChI is InChI=1S/C31H33N5O4S2/c1-40-24-7-3-2-5-22(24)28(37)33-15-19-8-10-20(11-9-19)26-16-34-30(42-26)21-17-36(18-21)31(39)25-12-13-27(41-25)35-29(38)23-6-4-14-32-23/h2-3,5,7-13,16,21,23,28,32-33,37H,4,6,14-15,17-18H2,1H3,(H,35,38)/t23-,28?/m0/s1. The number of aliphatic hydroxyl groups excluding tert-OH is 1. The van der Waals surface area contributed by atoms with Crippen LogP contribution < -0.4 is 20.7 Å². The van der Waals surface area contributed by atoms with Crippen LogP contribution >= 0.6 is 22.7 Å². The molecule has 2 fully saturated rings. The number of hydrogen-bond acceptors (Lipinski definition) is 9.